The minimum atomic E-state index is -0.155. The fraction of sp³-hybridized carbons (Fsp3) is 0.391. The van der Waals surface area contributed by atoms with Gasteiger partial charge in [0.05, 0.1) is 6.54 Å². The van der Waals surface area contributed by atoms with Gasteiger partial charge in [0.2, 0.25) is 5.91 Å². The number of H-pyrrole nitrogens is 2. The molecule has 0 bridgehead atoms. The molecule has 32 heavy (non-hydrogen) atoms. The third-order valence-corrected chi connectivity index (χ3v) is 6.52. The summed E-state index contributed by atoms with van der Waals surface area (Å²) in [6, 6.07) is 9.56. The molecule has 2 aromatic heterocycles. The molecule has 1 unspecified atom stereocenters. The topological polar surface area (TPSA) is 105 Å². The van der Waals surface area contributed by atoms with Crippen molar-refractivity contribution in [1.29, 1.82) is 0 Å². The van der Waals surface area contributed by atoms with E-state index in [-0.39, 0.29) is 23.8 Å². The quantitative estimate of drug-likeness (QED) is 0.641. The number of hydrogen-bond acceptors (Lipinski definition) is 4. The molecule has 3 amide bonds. The van der Waals surface area contributed by atoms with E-state index in [0.717, 1.165) is 22.2 Å². The Morgan fingerprint density at radius 2 is 1.88 bits per heavy atom. The lowest BCUT2D eigenvalue weighted by molar-refractivity contribution is -0.131. The highest BCUT2D eigenvalue weighted by molar-refractivity contribution is 5.99. The van der Waals surface area contributed by atoms with Gasteiger partial charge in [0.15, 0.2) is 5.69 Å². The molecule has 9 nitrogen and oxygen atoms in total. The second kappa shape index (κ2) is 7.81. The van der Waals surface area contributed by atoms with E-state index in [1.54, 1.807) is 21.6 Å². The van der Waals surface area contributed by atoms with Crippen molar-refractivity contribution in [3.8, 4) is 0 Å². The number of piperazine rings is 1. The van der Waals surface area contributed by atoms with Crippen molar-refractivity contribution in [2.24, 2.45) is 0 Å². The molecule has 0 spiro atoms. The number of aromatic nitrogens is 3. The van der Waals surface area contributed by atoms with Gasteiger partial charge >= 0.3 is 0 Å². The molecule has 1 saturated heterocycles. The molecule has 3 aromatic rings. The molecule has 0 radical (unpaired) electrons. The number of fused-ring (bicyclic) bond motifs is 2. The van der Waals surface area contributed by atoms with E-state index in [1.165, 1.54) is 0 Å². The van der Waals surface area contributed by atoms with Gasteiger partial charge in [-0.2, -0.15) is 5.10 Å². The van der Waals surface area contributed by atoms with Gasteiger partial charge < -0.3 is 19.7 Å². The van der Waals surface area contributed by atoms with E-state index >= 15 is 0 Å². The van der Waals surface area contributed by atoms with Gasteiger partial charge in [0.25, 0.3) is 11.8 Å². The van der Waals surface area contributed by atoms with E-state index in [9.17, 15) is 14.4 Å². The molecule has 2 aliphatic rings. The fourth-order valence-electron chi connectivity index (χ4n) is 4.69. The van der Waals surface area contributed by atoms with Crippen molar-refractivity contribution in [3.63, 3.8) is 0 Å². The second-order valence-corrected chi connectivity index (χ2v) is 8.59. The maximum absolute atomic E-state index is 13.3. The van der Waals surface area contributed by atoms with E-state index in [2.05, 4.69) is 15.2 Å². The first kappa shape index (κ1) is 20.3. The number of benzene rings is 1. The van der Waals surface area contributed by atoms with Crippen LogP contribution in [0.3, 0.4) is 0 Å². The number of aromatic amines is 2. The van der Waals surface area contributed by atoms with Crippen LogP contribution in [0.2, 0.25) is 0 Å². The maximum Gasteiger partial charge on any atom is 0.275 e. The zero-order valence-electron chi connectivity index (χ0n) is 18.2. The summed E-state index contributed by atoms with van der Waals surface area (Å²) in [4.78, 5) is 46.6. The summed E-state index contributed by atoms with van der Waals surface area (Å²) < 4.78 is 0. The summed E-state index contributed by atoms with van der Waals surface area (Å²) in [5.74, 6) is -0.222. The van der Waals surface area contributed by atoms with Crippen LogP contribution in [0, 0.1) is 0 Å². The van der Waals surface area contributed by atoms with Crippen LogP contribution in [0.25, 0.3) is 10.9 Å². The van der Waals surface area contributed by atoms with Gasteiger partial charge in [0.1, 0.15) is 5.69 Å². The molecule has 2 aliphatic heterocycles. The van der Waals surface area contributed by atoms with Gasteiger partial charge in [-0.25, -0.2) is 0 Å². The molecule has 0 saturated carbocycles. The number of amides is 3. The lowest BCUT2D eigenvalue weighted by Crippen LogP contribution is -2.55. The number of carbonyl (C=O) groups is 3. The Balaban J connectivity index is 1.35. The zero-order chi connectivity index (χ0) is 22.4. The van der Waals surface area contributed by atoms with Gasteiger partial charge in [-0.1, -0.05) is 18.2 Å². The zero-order valence-corrected chi connectivity index (χ0v) is 18.2. The van der Waals surface area contributed by atoms with Crippen LogP contribution in [0.1, 0.15) is 46.1 Å². The largest absolute Gasteiger partial charge is 0.351 e. The summed E-state index contributed by atoms with van der Waals surface area (Å²) >= 11 is 0. The number of nitrogens with zero attached hydrogens (tertiary/aromatic N) is 4. The number of rotatable bonds is 2. The van der Waals surface area contributed by atoms with Gasteiger partial charge in [-0.05, 0) is 19.1 Å². The highest BCUT2D eigenvalue weighted by atomic mass is 16.2. The molecular weight excluding hydrogens is 408 g/mol. The van der Waals surface area contributed by atoms with E-state index in [1.807, 2.05) is 37.3 Å². The van der Waals surface area contributed by atoms with Crippen LogP contribution in [0.4, 0.5) is 0 Å². The van der Waals surface area contributed by atoms with Crippen molar-refractivity contribution in [2.45, 2.75) is 32.9 Å². The van der Waals surface area contributed by atoms with Crippen LogP contribution >= 0.6 is 0 Å². The Bertz CT molecular complexity index is 1180. The standard InChI is InChI=1S/C23H26N6O3/c1-14-12-27(15(2)30)9-10-29(14)23(32)21-17-13-28(8-7-19(17)25-26-21)22(31)20-11-16-5-3-4-6-18(16)24-20/h3-6,11,14,24H,7-10,12-13H2,1-2H3,(H,25,26). The Hall–Kier alpha value is -3.62. The highest BCUT2D eigenvalue weighted by Crippen LogP contribution is 2.25. The number of nitrogens with one attached hydrogen (secondary N) is 2. The normalized spacial score (nSPS) is 18.7. The van der Waals surface area contributed by atoms with Gasteiger partial charge in [0, 0.05) is 67.7 Å². The lowest BCUT2D eigenvalue weighted by Gasteiger charge is -2.39. The summed E-state index contributed by atoms with van der Waals surface area (Å²) in [7, 11) is 0. The molecule has 1 aromatic carbocycles. The summed E-state index contributed by atoms with van der Waals surface area (Å²) in [5, 5.41) is 8.31. The first-order chi connectivity index (χ1) is 15.4. The van der Waals surface area contributed by atoms with Crippen molar-refractivity contribution in [3.05, 3.63) is 53.0 Å². The molecule has 9 heteroatoms. The van der Waals surface area contributed by atoms with Crippen molar-refractivity contribution in [1.82, 2.24) is 29.9 Å². The average Bonchev–Trinajstić information content (AvgIpc) is 3.41. The predicted molar refractivity (Wildman–Crippen MR) is 118 cm³/mol. The van der Waals surface area contributed by atoms with E-state index in [0.29, 0.717) is 50.5 Å². The molecule has 5 rings (SSSR count). The van der Waals surface area contributed by atoms with Crippen LogP contribution in [0.5, 0.6) is 0 Å². The molecule has 0 aliphatic carbocycles. The number of para-hydroxylation sites is 1. The monoisotopic (exact) mass is 434 g/mol. The number of carbonyl (C=O) groups excluding carboxylic acids is 3. The summed E-state index contributed by atoms with van der Waals surface area (Å²) in [6.45, 7) is 5.89. The predicted octanol–water partition coefficient (Wildman–Crippen LogP) is 1.78. The van der Waals surface area contributed by atoms with Crippen molar-refractivity contribution in [2.75, 3.05) is 26.2 Å². The molecular formula is C23H26N6O3. The first-order valence-electron chi connectivity index (χ1n) is 10.9. The van der Waals surface area contributed by atoms with Gasteiger partial charge in [-0.3, -0.25) is 19.5 Å². The van der Waals surface area contributed by atoms with E-state index < -0.39 is 0 Å². The van der Waals surface area contributed by atoms with Gasteiger partial charge in [-0.15, -0.1) is 0 Å². The number of hydrogen-bond donors (Lipinski definition) is 2. The van der Waals surface area contributed by atoms with Crippen LogP contribution in [-0.4, -0.2) is 79.8 Å². The molecule has 166 valence electrons. The Morgan fingerprint density at radius 1 is 1.06 bits per heavy atom. The maximum atomic E-state index is 13.3. The SMILES string of the molecule is CC(=O)N1CCN(C(=O)c2n[nH]c3c2CN(C(=O)c2cc4ccccc4[nH]2)CC3)C(C)C1. The average molecular weight is 435 g/mol. The Kier molecular flexibility index (Phi) is 4.96. The van der Waals surface area contributed by atoms with E-state index in [4.69, 9.17) is 0 Å². The minimum absolute atomic E-state index is 0.0206. The first-order valence-corrected chi connectivity index (χ1v) is 10.9. The smallest absolute Gasteiger partial charge is 0.275 e. The van der Waals surface area contributed by atoms with Crippen LogP contribution in [0.15, 0.2) is 30.3 Å². The third kappa shape index (κ3) is 3.43. The second-order valence-electron chi connectivity index (χ2n) is 8.59. The summed E-state index contributed by atoms with van der Waals surface area (Å²) in [6.07, 6.45) is 0.620. The van der Waals surface area contributed by atoms with Crippen molar-refractivity contribution >= 4 is 28.6 Å². The minimum Gasteiger partial charge on any atom is -0.351 e. The Morgan fingerprint density at radius 3 is 2.62 bits per heavy atom. The molecule has 4 heterocycles. The van der Waals surface area contributed by atoms with Crippen molar-refractivity contribution < 1.29 is 14.4 Å². The summed E-state index contributed by atoms with van der Waals surface area (Å²) in [5.41, 5.74) is 3.53. The molecule has 2 N–H and O–H groups in total. The van der Waals surface area contributed by atoms with Crippen LogP contribution in [-0.2, 0) is 17.8 Å². The molecule has 1 atom stereocenters. The molecule has 1 fully saturated rings. The Labute approximate surface area is 185 Å². The van der Waals surface area contributed by atoms with Crippen LogP contribution < -0.4 is 0 Å². The lowest BCUT2D eigenvalue weighted by atomic mass is 10.0. The highest BCUT2D eigenvalue weighted by Gasteiger charge is 2.34. The fourth-order valence-corrected chi connectivity index (χ4v) is 4.69. The third-order valence-electron chi connectivity index (χ3n) is 6.52.